The van der Waals surface area contributed by atoms with Gasteiger partial charge in [-0.05, 0) is 24.0 Å². The van der Waals surface area contributed by atoms with Crippen molar-refractivity contribution in [3.05, 3.63) is 71.9 Å². The van der Waals surface area contributed by atoms with E-state index in [1.165, 1.54) is 4.90 Å². The van der Waals surface area contributed by atoms with E-state index < -0.39 is 0 Å². The van der Waals surface area contributed by atoms with Gasteiger partial charge in [-0.25, -0.2) is 0 Å². The molecule has 0 fully saturated rings. The Morgan fingerprint density at radius 3 is 2.50 bits per heavy atom. The van der Waals surface area contributed by atoms with Crippen LogP contribution in [0.5, 0.6) is 0 Å². The van der Waals surface area contributed by atoms with Crippen LogP contribution in [0.15, 0.2) is 70.1 Å². The minimum atomic E-state index is -0.158. The zero-order valence-corrected chi connectivity index (χ0v) is 14.4. The SMILES string of the molecule is CSc1ccc(CN(C)C(=O)c2cc(-c3ccccc3)on2)cc1. The number of rotatable bonds is 5. The van der Waals surface area contributed by atoms with Crippen molar-refractivity contribution >= 4 is 17.7 Å². The van der Waals surface area contributed by atoms with Gasteiger partial charge in [-0.2, -0.15) is 0 Å². The molecule has 24 heavy (non-hydrogen) atoms. The summed E-state index contributed by atoms with van der Waals surface area (Å²) in [5.41, 5.74) is 2.30. The molecule has 3 aromatic rings. The molecule has 3 rings (SSSR count). The van der Waals surface area contributed by atoms with Crippen LogP contribution in [-0.2, 0) is 6.54 Å². The maximum atomic E-state index is 12.5. The first kappa shape index (κ1) is 16.3. The summed E-state index contributed by atoms with van der Waals surface area (Å²) >= 11 is 1.70. The highest BCUT2D eigenvalue weighted by Crippen LogP contribution is 2.21. The Balaban J connectivity index is 1.70. The Kier molecular flexibility index (Phi) is 5.01. The quantitative estimate of drug-likeness (QED) is 0.649. The van der Waals surface area contributed by atoms with Gasteiger partial charge < -0.3 is 9.42 Å². The average Bonchev–Trinajstić information content (AvgIpc) is 3.12. The molecule has 1 heterocycles. The number of carbonyl (C=O) groups is 1. The largest absolute Gasteiger partial charge is 0.355 e. The van der Waals surface area contributed by atoms with Crippen molar-refractivity contribution in [1.82, 2.24) is 10.1 Å². The fourth-order valence-electron chi connectivity index (χ4n) is 2.39. The van der Waals surface area contributed by atoms with Crippen molar-refractivity contribution in [1.29, 1.82) is 0 Å². The van der Waals surface area contributed by atoms with Gasteiger partial charge in [-0.3, -0.25) is 4.79 Å². The molecule has 0 atom stereocenters. The monoisotopic (exact) mass is 338 g/mol. The van der Waals surface area contributed by atoms with Crippen LogP contribution in [0.2, 0.25) is 0 Å². The highest BCUT2D eigenvalue weighted by atomic mass is 32.2. The summed E-state index contributed by atoms with van der Waals surface area (Å²) in [4.78, 5) is 15.4. The summed E-state index contributed by atoms with van der Waals surface area (Å²) in [6, 6.07) is 19.5. The zero-order valence-electron chi connectivity index (χ0n) is 13.6. The second-order valence-corrected chi connectivity index (χ2v) is 6.33. The molecule has 0 spiro atoms. The maximum absolute atomic E-state index is 12.5. The normalized spacial score (nSPS) is 10.6. The predicted octanol–water partition coefficient (Wildman–Crippen LogP) is 4.34. The third-order valence-corrected chi connectivity index (χ3v) is 4.46. The summed E-state index contributed by atoms with van der Waals surface area (Å²) in [6.07, 6.45) is 2.04. The molecular formula is C19H18N2O2S. The molecule has 0 aliphatic rings. The third-order valence-electron chi connectivity index (χ3n) is 3.71. The van der Waals surface area contributed by atoms with Crippen molar-refractivity contribution < 1.29 is 9.32 Å². The maximum Gasteiger partial charge on any atom is 0.276 e. The van der Waals surface area contributed by atoms with Crippen molar-refractivity contribution in [3.63, 3.8) is 0 Å². The molecular weight excluding hydrogens is 320 g/mol. The molecule has 122 valence electrons. The van der Waals surface area contributed by atoms with Crippen LogP contribution >= 0.6 is 11.8 Å². The van der Waals surface area contributed by atoms with E-state index in [2.05, 4.69) is 17.3 Å². The van der Waals surface area contributed by atoms with E-state index in [-0.39, 0.29) is 5.91 Å². The van der Waals surface area contributed by atoms with E-state index in [1.807, 2.05) is 48.7 Å². The van der Waals surface area contributed by atoms with Gasteiger partial charge in [0.15, 0.2) is 11.5 Å². The van der Waals surface area contributed by atoms with Gasteiger partial charge in [0.1, 0.15) is 0 Å². The Morgan fingerprint density at radius 1 is 1.12 bits per heavy atom. The van der Waals surface area contributed by atoms with Gasteiger partial charge in [-0.15, -0.1) is 11.8 Å². The predicted molar refractivity (Wildman–Crippen MR) is 96.0 cm³/mol. The fraction of sp³-hybridized carbons (Fsp3) is 0.158. The average molecular weight is 338 g/mol. The lowest BCUT2D eigenvalue weighted by Crippen LogP contribution is -2.26. The van der Waals surface area contributed by atoms with E-state index in [4.69, 9.17) is 4.52 Å². The Hall–Kier alpha value is -2.53. The van der Waals surface area contributed by atoms with Crippen molar-refractivity contribution in [2.45, 2.75) is 11.4 Å². The highest BCUT2D eigenvalue weighted by Gasteiger charge is 2.17. The van der Waals surface area contributed by atoms with Crippen LogP contribution in [0.4, 0.5) is 0 Å². The molecule has 1 aromatic heterocycles. The molecule has 0 aliphatic heterocycles. The van der Waals surface area contributed by atoms with Gasteiger partial charge in [0, 0.05) is 30.1 Å². The lowest BCUT2D eigenvalue weighted by molar-refractivity contribution is 0.0775. The number of nitrogens with zero attached hydrogens (tertiary/aromatic N) is 2. The van der Waals surface area contributed by atoms with E-state index >= 15 is 0 Å². The van der Waals surface area contributed by atoms with Crippen molar-refractivity contribution in [3.8, 4) is 11.3 Å². The smallest absolute Gasteiger partial charge is 0.276 e. The number of carbonyl (C=O) groups excluding carboxylic acids is 1. The van der Waals surface area contributed by atoms with Crippen LogP contribution in [-0.4, -0.2) is 29.3 Å². The molecule has 5 heteroatoms. The molecule has 2 aromatic carbocycles. The fourth-order valence-corrected chi connectivity index (χ4v) is 2.79. The van der Waals surface area contributed by atoms with Gasteiger partial charge in [-0.1, -0.05) is 47.6 Å². The molecule has 0 bridgehead atoms. The number of benzene rings is 2. The Labute approximate surface area is 145 Å². The summed E-state index contributed by atoms with van der Waals surface area (Å²) in [6.45, 7) is 0.529. The molecule has 0 saturated heterocycles. The highest BCUT2D eigenvalue weighted by molar-refractivity contribution is 7.98. The third kappa shape index (κ3) is 3.68. The molecule has 1 amide bonds. The van der Waals surface area contributed by atoms with Gasteiger partial charge in [0.25, 0.3) is 5.91 Å². The van der Waals surface area contributed by atoms with Crippen LogP contribution in [0, 0.1) is 0 Å². The van der Waals surface area contributed by atoms with E-state index in [9.17, 15) is 4.79 Å². The molecule has 0 unspecified atom stereocenters. The van der Waals surface area contributed by atoms with Gasteiger partial charge >= 0.3 is 0 Å². The second-order valence-electron chi connectivity index (χ2n) is 5.45. The van der Waals surface area contributed by atoms with Crippen LogP contribution in [0.3, 0.4) is 0 Å². The topological polar surface area (TPSA) is 46.3 Å². The summed E-state index contributed by atoms with van der Waals surface area (Å²) in [7, 11) is 1.77. The number of thioether (sulfide) groups is 1. The van der Waals surface area contributed by atoms with Crippen molar-refractivity contribution in [2.75, 3.05) is 13.3 Å². The number of hydrogen-bond donors (Lipinski definition) is 0. The van der Waals surface area contributed by atoms with Crippen LogP contribution < -0.4 is 0 Å². The Bertz CT molecular complexity index is 813. The summed E-state index contributed by atoms with van der Waals surface area (Å²) in [5.74, 6) is 0.437. The summed E-state index contributed by atoms with van der Waals surface area (Å²) in [5, 5.41) is 3.91. The number of amides is 1. The standard InChI is InChI=1S/C19H18N2O2S/c1-21(13-14-8-10-16(24-2)11-9-14)19(22)17-12-18(23-20-17)15-6-4-3-5-7-15/h3-12H,13H2,1-2H3. The first-order chi connectivity index (χ1) is 11.7. The van der Waals surface area contributed by atoms with E-state index in [0.717, 1.165) is 11.1 Å². The molecule has 0 N–H and O–H groups in total. The van der Waals surface area contributed by atoms with E-state index in [0.29, 0.717) is 18.0 Å². The summed E-state index contributed by atoms with van der Waals surface area (Å²) < 4.78 is 5.30. The first-order valence-electron chi connectivity index (χ1n) is 7.58. The minimum absolute atomic E-state index is 0.158. The second kappa shape index (κ2) is 7.36. The number of hydrogen-bond acceptors (Lipinski definition) is 4. The van der Waals surface area contributed by atoms with Crippen molar-refractivity contribution in [2.24, 2.45) is 0 Å². The first-order valence-corrected chi connectivity index (χ1v) is 8.80. The van der Waals surface area contributed by atoms with Crippen LogP contribution in [0.25, 0.3) is 11.3 Å². The zero-order chi connectivity index (χ0) is 16.9. The van der Waals surface area contributed by atoms with Gasteiger partial charge in [0.05, 0.1) is 0 Å². The molecule has 0 radical (unpaired) electrons. The molecule has 4 nitrogen and oxygen atoms in total. The van der Waals surface area contributed by atoms with E-state index in [1.54, 1.807) is 29.8 Å². The molecule has 0 saturated carbocycles. The Morgan fingerprint density at radius 2 is 1.83 bits per heavy atom. The van der Waals surface area contributed by atoms with Gasteiger partial charge in [0.2, 0.25) is 0 Å². The molecule has 0 aliphatic carbocycles. The minimum Gasteiger partial charge on any atom is -0.355 e. The lowest BCUT2D eigenvalue weighted by atomic mass is 10.1. The number of aromatic nitrogens is 1. The van der Waals surface area contributed by atoms with Crippen LogP contribution in [0.1, 0.15) is 16.1 Å². The lowest BCUT2D eigenvalue weighted by Gasteiger charge is -2.15.